The average molecular weight is 322 g/mol. The molecule has 0 atom stereocenters. The highest BCUT2D eigenvalue weighted by molar-refractivity contribution is 6.46. The molecule has 0 aromatic rings. The molecule has 0 bridgehead atoms. The molecule has 5 heteroatoms. The van der Waals surface area contributed by atoms with Crippen molar-refractivity contribution in [2.45, 2.75) is 78.8 Å². The van der Waals surface area contributed by atoms with Crippen LogP contribution < -0.4 is 0 Å². The molecule has 4 nitrogen and oxygen atoms in total. The molecule has 0 spiro atoms. The van der Waals surface area contributed by atoms with E-state index in [-0.39, 0.29) is 24.3 Å². The predicted octanol–water partition coefficient (Wildman–Crippen LogP) is 4.31. The van der Waals surface area contributed by atoms with Gasteiger partial charge >= 0.3 is 13.1 Å². The van der Waals surface area contributed by atoms with Gasteiger partial charge in [0.25, 0.3) is 0 Å². The third-order valence-electron chi connectivity index (χ3n) is 4.55. The Morgan fingerprint density at radius 1 is 1.09 bits per heavy atom. The lowest BCUT2D eigenvalue weighted by Gasteiger charge is -2.32. The highest BCUT2D eigenvalue weighted by Crippen LogP contribution is 2.37. The largest absolute Gasteiger partial charge is 0.463 e. The SMILES string of the molecule is CCOC(=O)/C(C)=C/CC/C(C)=C/CB1OC(C)(C)C(C)(C)O1. The zero-order valence-electron chi connectivity index (χ0n) is 15.7. The van der Waals surface area contributed by atoms with Crippen molar-refractivity contribution in [3.63, 3.8) is 0 Å². The molecular weight excluding hydrogens is 291 g/mol. The van der Waals surface area contributed by atoms with Gasteiger partial charge in [0.1, 0.15) is 0 Å². The molecule has 130 valence electrons. The van der Waals surface area contributed by atoms with E-state index in [9.17, 15) is 4.79 Å². The Balaban J connectivity index is 2.42. The second kappa shape index (κ2) is 8.16. The van der Waals surface area contributed by atoms with Gasteiger partial charge in [0.2, 0.25) is 0 Å². The van der Waals surface area contributed by atoms with Gasteiger partial charge in [-0.25, -0.2) is 4.79 Å². The van der Waals surface area contributed by atoms with Gasteiger partial charge in [-0.3, -0.25) is 0 Å². The first-order valence-corrected chi connectivity index (χ1v) is 8.44. The molecule has 23 heavy (non-hydrogen) atoms. The predicted molar refractivity (Wildman–Crippen MR) is 94.3 cm³/mol. The summed E-state index contributed by atoms with van der Waals surface area (Å²) < 4.78 is 16.9. The number of hydrogen-bond donors (Lipinski definition) is 0. The van der Waals surface area contributed by atoms with Crippen LogP contribution in [0.1, 0.15) is 61.3 Å². The summed E-state index contributed by atoms with van der Waals surface area (Å²) in [7, 11) is -0.188. The van der Waals surface area contributed by atoms with E-state index in [1.165, 1.54) is 5.57 Å². The van der Waals surface area contributed by atoms with Gasteiger partial charge in [0.15, 0.2) is 0 Å². The van der Waals surface area contributed by atoms with E-state index in [0.717, 1.165) is 19.2 Å². The summed E-state index contributed by atoms with van der Waals surface area (Å²) >= 11 is 0. The van der Waals surface area contributed by atoms with E-state index in [2.05, 4.69) is 40.7 Å². The second-order valence-corrected chi connectivity index (χ2v) is 7.12. The lowest BCUT2D eigenvalue weighted by molar-refractivity contribution is -0.138. The quantitative estimate of drug-likeness (QED) is 0.303. The molecule has 0 N–H and O–H groups in total. The maximum Gasteiger partial charge on any atom is 0.461 e. The summed E-state index contributed by atoms with van der Waals surface area (Å²) in [5, 5.41) is 0. The van der Waals surface area contributed by atoms with E-state index in [0.29, 0.717) is 12.2 Å². The van der Waals surface area contributed by atoms with Crippen molar-refractivity contribution < 1.29 is 18.8 Å². The second-order valence-electron chi connectivity index (χ2n) is 7.12. The van der Waals surface area contributed by atoms with Crippen molar-refractivity contribution in [3.05, 3.63) is 23.3 Å². The molecule has 0 unspecified atom stereocenters. The van der Waals surface area contributed by atoms with Crippen molar-refractivity contribution in [2.24, 2.45) is 0 Å². The maximum atomic E-state index is 11.5. The molecule has 1 aliphatic rings. The van der Waals surface area contributed by atoms with Crippen molar-refractivity contribution in [3.8, 4) is 0 Å². The summed E-state index contributed by atoms with van der Waals surface area (Å²) in [6.07, 6.45) is 6.59. The Bertz CT molecular complexity index is 461. The van der Waals surface area contributed by atoms with Crippen LogP contribution in [0.25, 0.3) is 0 Å². The van der Waals surface area contributed by atoms with Crippen molar-refractivity contribution in [1.29, 1.82) is 0 Å². The zero-order valence-corrected chi connectivity index (χ0v) is 15.7. The first-order chi connectivity index (χ1) is 10.6. The van der Waals surface area contributed by atoms with Gasteiger partial charge in [-0.1, -0.05) is 17.7 Å². The van der Waals surface area contributed by atoms with Gasteiger partial charge in [-0.2, -0.15) is 0 Å². The van der Waals surface area contributed by atoms with E-state index in [4.69, 9.17) is 14.0 Å². The van der Waals surface area contributed by atoms with Crippen molar-refractivity contribution in [2.75, 3.05) is 6.61 Å². The highest BCUT2D eigenvalue weighted by Gasteiger charge is 2.50. The number of allylic oxidation sites excluding steroid dienone is 3. The molecule has 1 aliphatic heterocycles. The summed E-state index contributed by atoms with van der Waals surface area (Å²) in [6.45, 7) is 14.4. The summed E-state index contributed by atoms with van der Waals surface area (Å²) in [6, 6.07) is 0. The summed E-state index contributed by atoms with van der Waals surface area (Å²) in [5.41, 5.74) is 1.39. The summed E-state index contributed by atoms with van der Waals surface area (Å²) in [4.78, 5) is 11.5. The highest BCUT2D eigenvalue weighted by atomic mass is 16.7. The van der Waals surface area contributed by atoms with E-state index < -0.39 is 0 Å². The molecular formula is C18H31BO4. The summed E-state index contributed by atoms with van der Waals surface area (Å²) in [5.74, 6) is -0.230. The topological polar surface area (TPSA) is 44.8 Å². The Morgan fingerprint density at radius 3 is 2.17 bits per heavy atom. The van der Waals surface area contributed by atoms with Crippen LogP contribution >= 0.6 is 0 Å². The smallest absolute Gasteiger partial charge is 0.461 e. The molecule has 0 aliphatic carbocycles. The Morgan fingerprint density at radius 2 is 1.65 bits per heavy atom. The molecule has 1 fully saturated rings. The lowest BCUT2D eigenvalue weighted by atomic mass is 9.84. The molecule has 1 heterocycles. The number of hydrogen-bond acceptors (Lipinski definition) is 4. The van der Waals surface area contributed by atoms with Crippen LogP contribution in [0.5, 0.6) is 0 Å². The van der Waals surface area contributed by atoms with E-state index >= 15 is 0 Å². The number of carbonyl (C=O) groups excluding carboxylic acids is 1. The van der Waals surface area contributed by atoms with Gasteiger partial charge < -0.3 is 14.0 Å². The molecule has 0 aromatic carbocycles. The standard InChI is InChI=1S/C18H31BO4/c1-8-21-16(20)15(3)11-9-10-14(2)12-13-19-22-17(4,5)18(6,7)23-19/h11-12H,8-10,13H2,1-7H3/b14-12+,15-11+. The van der Waals surface area contributed by atoms with Gasteiger partial charge in [0.05, 0.1) is 17.8 Å². The molecule has 0 amide bonds. The van der Waals surface area contributed by atoms with Crippen LogP contribution in [-0.4, -0.2) is 30.9 Å². The van der Waals surface area contributed by atoms with E-state index in [1.54, 1.807) is 6.92 Å². The van der Waals surface area contributed by atoms with Crippen LogP contribution in [-0.2, 0) is 18.8 Å². The molecule has 0 saturated carbocycles. The van der Waals surface area contributed by atoms with Crippen LogP contribution in [0.4, 0.5) is 0 Å². The fraction of sp³-hybridized carbons (Fsp3) is 0.722. The monoisotopic (exact) mass is 322 g/mol. The van der Waals surface area contributed by atoms with Crippen LogP contribution in [0.2, 0.25) is 6.32 Å². The minimum atomic E-state index is -0.279. The van der Waals surface area contributed by atoms with Gasteiger partial charge in [-0.05, 0) is 61.3 Å². The minimum absolute atomic E-state index is 0.188. The average Bonchev–Trinajstić information content (AvgIpc) is 2.64. The first kappa shape index (κ1) is 20.0. The minimum Gasteiger partial charge on any atom is -0.463 e. The zero-order chi connectivity index (χ0) is 17.7. The lowest BCUT2D eigenvalue weighted by Crippen LogP contribution is -2.41. The third-order valence-corrected chi connectivity index (χ3v) is 4.55. The molecule has 1 saturated heterocycles. The number of esters is 1. The van der Waals surface area contributed by atoms with E-state index in [1.807, 2.05) is 13.0 Å². The fourth-order valence-corrected chi connectivity index (χ4v) is 2.31. The normalized spacial score (nSPS) is 20.7. The third kappa shape index (κ3) is 5.81. The molecule has 0 radical (unpaired) electrons. The Hall–Kier alpha value is -1.07. The van der Waals surface area contributed by atoms with Gasteiger partial charge in [-0.15, -0.1) is 0 Å². The van der Waals surface area contributed by atoms with Crippen molar-refractivity contribution >= 4 is 13.1 Å². The number of rotatable bonds is 7. The van der Waals surface area contributed by atoms with Gasteiger partial charge in [0, 0.05) is 11.9 Å². The first-order valence-electron chi connectivity index (χ1n) is 8.44. The van der Waals surface area contributed by atoms with Crippen LogP contribution in [0, 0.1) is 0 Å². The number of ether oxygens (including phenoxy) is 1. The fourth-order valence-electron chi connectivity index (χ4n) is 2.31. The number of carbonyl (C=O) groups is 1. The molecule has 0 aromatic heterocycles. The molecule has 1 rings (SSSR count). The van der Waals surface area contributed by atoms with Crippen molar-refractivity contribution in [1.82, 2.24) is 0 Å². The van der Waals surface area contributed by atoms with Crippen LogP contribution in [0.3, 0.4) is 0 Å². The van der Waals surface area contributed by atoms with Crippen LogP contribution in [0.15, 0.2) is 23.3 Å². The maximum absolute atomic E-state index is 11.5. The Kier molecular flexibility index (Phi) is 7.09. The Labute approximate surface area is 141 Å².